The zero-order valence-corrected chi connectivity index (χ0v) is 12.8. The van der Waals surface area contributed by atoms with Crippen LogP contribution in [0.15, 0.2) is 34.9 Å². The molecule has 0 spiro atoms. The number of nitrogens with zero attached hydrogens (tertiary/aromatic N) is 1. The normalized spacial score (nSPS) is 16.1. The molecule has 3 nitrogen and oxygen atoms in total. The quantitative estimate of drug-likeness (QED) is 0.830. The van der Waals surface area contributed by atoms with Crippen molar-refractivity contribution in [2.45, 2.75) is 19.3 Å². The number of benzene rings is 1. The molecule has 1 aliphatic heterocycles. The molecule has 0 radical (unpaired) electrons. The zero-order valence-electron chi connectivity index (χ0n) is 11.2. The molecule has 0 atom stereocenters. The van der Waals surface area contributed by atoms with E-state index >= 15 is 0 Å². The Kier molecular flexibility index (Phi) is 3.92. The summed E-state index contributed by atoms with van der Waals surface area (Å²) in [6, 6.07) is 6.04. The lowest BCUT2D eigenvalue weighted by molar-refractivity contribution is -0.126. The number of hydrogen-bond acceptors (Lipinski definition) is 1. The largest absolute Gasteiger partial charge is 0.361 e. The lowest BCUT2D eigenvalue weighted by Gasteiger charge is -2.25. The summed E-state index contributed by atoms with van der Waals surface area (Å²) in [4.78, 5) is 17.3. The fourth-order valence-corrected chi connectivity index (χ4v) is 3.27. The van der Waals surface area contributed by atoms with E-state index in [1.165, 1.54) is 6.42 Å². The average molecular weight is 333 g/mol. The van der Waals surface area contributed by atoms with Gasteiger partial charge in [-0.05, 0) is 37.5 Å². The Bertz CT molecular complexity index is 654. The second-order valence-corrected chi connectivity index (χ2v) is 5.98. The van der Waals surface area contributed by atoms with E-state index in [2.05, 4.69) is 20.9 Å². The van der Waals surface area contributed by atoms with Crippen LogP contribution >= 0.6 is 15.9 Å². The van der Waals surface area contributed by atoms with Crippen LogP contribution in [0, 0.1) is 0 Å². The Balaban J connectivity index is 1.82. The monoisotopic (exact) mass is 332 g/mol. The number of aromatic amines is 1. The minimum absolute atomic E-state index is 0.117. The van der Waals surface area contributed by atoms with Crippen molar-refractivity contribution in [3.8, 4) is 0 Å². The lowest BCUT2D eigenvalue weighted by atomic mass is 10.1. The van der Waals surface area contributed by atoms with Gasteiger partial charge >= 0.3 is 0 Å². The second-order valence-electron chi connectivity index (χ2n) is 5.13. The van der Waals surface area contributed by atoms with Crippen molar-refractivity contribution in [2.75, 3.05) is 13.1 Å². The van der Waals surface area contributed by atoms with Crippen molar-refractivity contribution in [2.24, 2.45) is 0 Å². The van der Waals surface area contributed by atoms with E-state index < -0.39 is 0 Å². The van der Waals surface area contributed by atoms with Crippen LogP contribution in [-0.2, 0) is 4.79 Å². The predicted octanol–water partition coefficient (Wildman–Crippen LogP) is 3.96. The van der Waals surface area contributed by atoms with Gasteiger partial charge in [0.05, 0.1) is 0 Å². The van der Waals surface area contributed by atoms with E-state index in [1.807, 2.05) is 35.4 Å². The number of carbonyl (C=O) groups excluding carboxylic acids is 1. The number of aromatic nitrogens is 1. The van der Waals surface area contributed by atoms with Crippen molar-refractivity contribution in [3.63, 3.8) is 0 Å². The van der Waals surface area contributed by atoms with Gasteiger partial charge in [0.25, 0.3) is 0 Å². The van der Waals surface area contributed by atoms with Gasteiger partial charge in [-0.25, -0.2) is 0 Å². The van der Waals surface area contributed by atoms with Gasteiger partial charge in [0, 0.05) is 46.3 Å². The third kappa shape index (κ3) is 2.66. The molecular formula is C16H17BrN2O. The number of amides is 1. The number of nitrogens with one attached hydrogen (secondary N) is 1. The van der Waals surface area contributed by atoms with Crippen LogP contribution in [0.4, 0.5) is 0 Å². The van der Waals surface area contributed by atoms with Crippen LogP contribution in [0.2, 0.25) is 0 Å². The standard InChI is InChI=1S/C16H17BrN2O/c17-13-5-4-6-14-16(13)12(11-18-14)7-8-15(20)19-9-2-1-3-10-19/h4-8,11,18H,1-3,9-10H2/b8-7+. The molecule has 1 amide bonds. The Hall–Kier alpha value is -1.55. The third-order valence-corrected chi connectivity index (χ3v) is 4.42. The van der Waals surface area contributed by atoms with Crippen molar-refractivity contribution in [1.82, 2.24) is 9.88 Å². The number of halogens is 1. The molecule has 1 N–H and O–H groups in total. The SMILES string of the molecule is O=C(/C=C/c1c[nH]c2cccc(Br)c12)N1CCCCC1. The Labute approximate surface area is 126 Å². The summed E-state index contributed by atoms with van der Waals surface area (Å²) in [5, 5.41) is 1.12. The molecule has 1 aliphatic rings. The minimum atomic E-state index is 0.117. The smallest absolute Gasteiger partial charge is 0.246 e. The molecule has 3 rings (SSSR count). The summed E-state index contributed by atoms with van der Waals surface area (Å²) >= 11 is 3.56. The molecule has 4 heteroatoms. The average Bonchev–Trinajstić information content (AvgIpc) is 2.90. The van der Waals surface area contributed by atoms with Gasteiger partial charge in [0.15, 0.2) is 0 Å². The van der Waals surface area contributed by atoms with Crippen molar-refractivity contribution < 1.29 is 4.79 Å². The molecule has 1 aromatic carbocycles. The summed E-state index contributed by atoms with van der Waals surface area (Å²) in [5.41, 5.74) is 2.11. The molecule has 2 heterocycles. The summed E-state index contributed by atoms with van der Waals surface area (Å²) < 4.78 is 1.04. The van der Waals surface area contributed by atoms with E-state index in [-0.39, 0.29) is 5.91 Å². The van der Waals surface area contributed by atoms with Crippen molar-refractivity contribution in [1.29, 1.82) is 0 Å². The lowest BCUT2D eigenvalue weighted by Crippen LogP contribution is -2.34. The molecule has 0 aliphatic carbocycles. The molecule has 104 valence electrons. The molecule has 0 saturated carbocycles. The van der Waals surface area contributed by atoms with E-state index in [1.54, 1.807) is 6.08 Å². The van der Waals surface area contributed by atoms with Crippen LogP contribution < -0.4 is 0 Å². The first-order chi connectivity index (χ1) is 9.75. The highest BCUT2D eigenvalue weighted by Gasteiger charge is 2.14. The zero-order chi connectivity index (χ0) is 13.9. The van der Waals surface area contributed by atoms with Gasteiger partial charge in [0.1, 0.15) is 0 Å². The molecule has 2 aromatic rings. The molecular weight excluding hydrogens is 316 g/mol. The van der Waals surface area contributed by atoms with Crippen molar-refractivity contribution in [3.05, 3.63) is 40.5 Å². The summed E-state index contributed by atoms with van der Waals surface area (Å²) in [7, 11) is 0. The minimum Gasteiger partial charge on any atom is -0.361 e. The Morgan fingerprint density at radius 2 is 2.05 bits per heavy atom. The summed E-state index contributed by atoms with van der Waals surface area (Å²) in [5.74, 6) is 0.117. The first kappa shape index (κ1) is 13.4. The maximum atomic E-state index is 12.1. The highest BCUT2D eigenvalue weighted by Crippen LogP contribution is 2.27. The first-order valence-corrected chi connectivity index (χ1v) is 7.77. The predicted molar refractivity (Wildman–Crippen MR) is 85.5 cm³/mol. The van der Waals surface area contributed by atoms with Crippen LogP contribution in [-0.4, -0.2) is 28.9 Å². The number of H-pyrrole nitrogens is 1. The number of carbonyl (C=O) groups is 1. The Morgan fingerprint density at radius 3 is 2.85 bits per heavy atom. The molecule has 20 heavy (non-hydrogen) atoms. The molecule has 1 aromatic heterocycles. The van der Waals surface area contributed by atoms with Gasteiger partial charge in [-0.1, -0.05) is 22.0 Å². The third-order valence-electron chi connectivity index (χ3n) is 3.76. The van der Waals surface area contributed by atoms with Crippen LogP contribution in [0.3, 0.4) is 0 Å². The summed E-state index contributed by atoms with van der Waals surface area (Å²) in [6.45, 7) is 1.78. The molecule has 0 unspecified atom stereocenters. The molecule has 0 bridgehead atoms. The fraction of sp³-hybridized carbons (Fsp3) is 0.312. The molecule has 1 saturated heterocycles. The van der Waals surface area contributed by atoms with Crippen LogP contribution in [0.5, 0.6) is 0 Å². The van der Waals surface area contributed by atoms with Crippen LogP contribution in [0.25, 0.3) is 17.0 Å². The van der Waals surface area contributed by atoms with E-state index in [0.29, 0.717) is 0 Å². The van der Waals surface area contributed by atoms with Gasteiger partial charge in [-0.3, -0.25) is 4.79 Å². The van der Waals surface area contributed by atoms with E-state index in [0.717, 1.165) is 46.9 Å². The van der Waals surface area contributed by atoms with E-state index in [9.17, 15) is 4.79 Å². The maximum Gasteiger partial charge on any atom is 0.246 e. The van der Waals surface area contributed by atoms with Gasteiger partial charge in [-0.2, -0.15) is 0 Å². The summed E-state index contributed by atoms with van der Waals surface area (Å²) in [6.07, 6.45) is 9.02. The van der Waals surface area contributed by atoms with Gasteiger partial charge in [-0.15, -0.1) is 0 Å². The number of rotatable bonds is 2. The fourth-order valence-electron chi connectivity index (χ4n) is 2.68. The highest BCUT2D eigenvalue weighted by molar-refractivity contribution is 9.10. The number of fused-ring (bicyclic) bond motifs is 1. The van der Waals surface area contributed by atoms with E-state index in [4.69, 9.17) is 0 Å². The van der Waals surface area contributed by atoms with Crippen LogP contribution in [0.1, 0.15) is 24.8 Å². The number of likely N-dealkylation sites (tertiary alicyclic amines) is 1. The maximum absolute atomic E-state index is 12.1. The van der Waals surface area contributed by atoms with Crippen molar-refractivity contribution >= 4 is 38.8 Å². The number of hydrogen-bond donors (Lipinski definition) is 1. The topological polar surface area (TPSA) is 36.1 Å². The van der Waals surface area contributed by atoms with Gasteiger partial charge in [0.2, 0.25) is 5.91 Å². The number of piperidine rings is 1. The first-order valence-electron chi connectivity index (χ1n) is 6.98. The Morgan fingerprint density at radius 1 is 1.25 bits per heavy atom. The molecule has 1 fully saturated rings. The highest BCUT2D eigenvalue weighted by atomic mass is 79.9. The second kappa shape index (κ2) is 5.83. The van der Waals surface area contributed by atoms with Gasteiger partial charge < -0.3 is 9.88 Å².